The molecule has 5 aromatic rings. The van der Waals surface area contributed by atoms with Crippen molar-refractivity contribution in [3.05, 3.63) is 159 Å². The summed E-state index contributed by atoms with van der Waals surface area (Å²) in [6.45, 7) is 0.281. The Morgan fingerprint density at radius 3 is 2.08 bits per heavy atom. The quantitative estimate of drug-likeness (QED) is 0.259. The molecule has 8 heteroatoms. The van der Waals surface area contributed by atoms with Crippen LogP contribution < -0.4 is 16.0 Å². The number of carbonyl (C=O) groups is 1. The molecule has 1 aromatic heterocycles. The first-order valence-corrected chi connectivity index (χ1v) is 12.6. The van der Waals surface area contributed by atoms with Crippen molar-refractivity contribution in [3.8, 4) is 5.75 Å². The highest BCUT2D eigenvalue weighted by Gasteiger charge is 2.23. The summed E-state index contributed by atoms with van der Waals surface area (Å²) in [7, 11) is 0. The topological polar surface area (TPSA) is 90.5 Å². The fourth-order valence-corrected chi connectivity index (χ4v) is 4.62. The molecular weight excluding hydrogens is 511 g/mol. The average Bonchev–Trinajstić information content (AvgIpc) is 2.98. The van der Waals surface area contributed by atoms with E-state index in [9.17, 15) is 18.8 Å². The molecule has 200 valence electrons. The number of nitrogens with zero attached hydrogens (tertiary/aromatic N) is 2. The number of carboxylic acids is 1. The van der Waals surface area contributed by atoms with Gasteiger partial charge in [-0.05, 0) is 59.7 Å². The van der Waals surface area contributed by atoms with Gasteiger partial charge < -0.3 is 9.84 Å². The molecule has 0 radical (unpaired) electrons. The second kappa shape index (κ2) is 11.7. The molecule has 0 spiro atoms. The summed E-state index contributed by atoms with van der Waals surface area (Å²) in [6.07, 6.45) is 3.44. The van der Waals surface area contributed by atoms with Gasteiger partial charge in [0.15, 0.2) is 0 Å². The lowest BCUT2D eigenvalue weighted by Crippen LogP contribution is -2.43. The van der Waals surface area contributed by atoms with Crippen molar-refractivity contribution >= 4 is 16.9 Å². The van der Waals surface area contributed by atoms with Crippen molar-refractivity contribution in [2.75, 3.05) is 6.61 Å². The maximum Gasteiger partial charge on any atom is 0.335 e. The van der Waals surface area contributed by atoms with Crippen molar-refractivity contribution in [3.63, 3.8) is 0 Å². The van der Waals surface area contributed by atoms with Gasteiger partial charge in [0.05, 0.1) is 22.5 Å². The highest BCUT2D eigenvalue weighted by atomic mass is 19.1. The van der Waals surface area contributed by atoms with E-state index in [1.807, 2.05) is 60.7 Å². The smallest absolute Gasteiger partial charge is 0.335 e. The number of halogens is 1. The predicted molar refractivity (Wildman–Crippen MR) is 151 cm³/mol. The number of hydrogen-bond donors (Lipinski definition) is 1. The number of benzene rings is 4. The van der Waals surface area contributed by atoms with Gasteiger partial charge in [0, 0.05) is 6.54 Å². The van der Waals surface area contributed by atoms with Crippen LogP contribution >= 0.6 is 0 Å². The number of rotatable bonds is 9. The number of aromatic nitrogens is 2. The van der Waals surface area contributed by atoms with Crippen molar-refractivity contribution in [2.24, 2.45) is 0 Å². The summed E-state index contributed by atoms with van der Waals surface area (Å²) in [5, 5.41) is 9.12. The van der Waals surface area contributed by atoms with E-state index in [1.54, 1.807) is 24.3 Å². The van der Waals surface area contributed by atoms with Crippen molar-refractivity contribution in [2.45, 2.75) is 12.6 Å². The first-order valence-electron chi connectivity index (χ1n) is 12.6. The van der Waals surface area contributed by atoms with Crippen molar-refractivity contribution in [1.82, 2.24) is 9.13 Å². The number of carboxylic acid groups (broad SMARTS) is 1. The van der Waals surface area contributed by atoms with E-state index in [4.69, 9.17) is 9.84 Å². The molecule has 0 aliphatic rings. The molecule has 5 rings (SSSR count). The van der Waals surface area contributed by atoms with E-state index < -0.39 is 29.1 Å². The second-order valence-electron chi connectivity index (χ2n) is 9.07. The zero-order valence-corrected chi connectivity index (χ0v) is 21.3. The molecule has 0 saturated heterocycles. The van der Waals surface area contributed by atoms with Crippen LogP contribution in [0, 0.1) is 5.82 Å². The number of hydrogen-bond acceptors (Lipinski definition) is 4. The number of allylic oxidation sites excluding steroid dienone is 1. The molecule has 0 amide bonds. The molecule has 0 aliphatic heterocycles. The first-order chi connectivity index (χ1) is 19.4. The first kappa shape index (κ1) is 26.4. The SMILES string of the molecule is O=C(O)c1ccc(OC/C=C\Cn2c(=O)n(C(c3ccccc3)c3ccccc3)c(=O)c3cc(F)ccc32)cc1. The van der Waals surface area contributed by atoms with Crippen molar-refractivity contribution in [1.29, 1.82) is 0 Å². The molecule has 0 unspecified atom stereocenters. The number of ether oxygens (including phenoxy) is 1. The lowest BCUT2D eigenvalue weighted by molar-refractivity contribution is 0.0697. The number of fused-ring (bicyclic) bond motifs is 1. The third kappa shape index (κ3) is 5.47. The largest absolute Gasteiger partial charge is 0.490 e. The minimum Gasteiger partial charge on any atom is -0.490 e. The Balaban J connectivity index is 1.53. The number of aromatic carboxylic acids is 1. The van der Waals surface area contributed by atoms with Crippen LogP contribution in [0.3, 0.4) is 0 Å². The van der Waals surface area contributed by atoms with E-state index in [0.29, 0.717) is 11.3 Å². The molecule has 4 aromatic carbocycles. The Kier molecular flexibility index (Phi) is 7.68. The maximum atomic E-state index is 14.3. The minimum absolute atomic E-state index is 0.0969. The van der Waals surface area contributed by atoms with E-state index in [0.717, 1.165) is 17.2 Å². The third-order valence-corrected chi connectivity index (χ3v) is 6.53. The Morgan fingerprint density at radius 1 is 0.850 bits per heavy atom. The summed E-state index contributed by atoms with van der Waals surface area (Å²) >= 11 is 0. The minimum atomic E-state index is -1.02. The van der Waals surface area contributed by atoms with E-state index in [-0.39, 0.29) is 24.1 Å². The summed E-state index contributed by atoms with van der Waals surface area (Å²) in [5.74, 6) is -1.10. The van der Waals surface area contributed by atoms with Gasteiger partial charge in [0.2, 0.25) is 0 Å². The molecule has 0 saturated carbocycles. The standard InChI is InChI=1S/C32H25FN2O5/c33-25-15-18-28-27(21-25)30(36)35(29(22-9-3-1-4-10-22)23-11-5-2-6-12-23)32(39)34(28)19-7-8-20-40-26-16-13-24(14-17-26)31(37)38/h1-18,21,29H,19-20H2,(H,37,38)/b8-7-. The van der Waals surface area contributed by atoms with E-state index in [2.05, 4.69) is 0 Å². The van der Waals surface area contributed by atoms with Gasteiger partial charge in [-0.2, -0.15) is 0 Å². The Bertz CT molecular complexity index is 1750. The molecule has 7 nitrogen and oxygen atoms in total. The van der Waals surface area contributed by atoms with Gasteiger partial charge in [-0.3, -0.25) is 9.36 Å². The van der Waals surface area contributed by atoms with Crippen LogP contribution in [0.15, 0.2) is 125 Å². The highest BCUT2D eigenvalue weighted by Crippen LogP contribution is 2.25. The lowest BCUT2D eigenvalue weighted by Gasteiger charge is -2.22. The van der Waals surface area contributed by atoms with Gasteiger partial charge in [-0.1, -0.05) is 66.7 Å². The van der Waals surface area contributed by atoms with Gasteiger partial charge in [-0.25, -0.2) is 18.5 Å². The van der Waals surface area contributed by atoms with Crippen LogP contribution in [0.5, 0.6) is 5.75 Å². The molecule has 1 N–H and O–H groups in total. The van der Waals surface area contributed by atoms with Crippen molar-refractivity contribution < 1.29 is 19.0 Å². The van der Waals surface area contributed by atoms with Gasteiger partial charge in [-0.15, -0.1) is 0 Å². The van der Waals surface area contributed by atoms with Crippen LogP contribution in [0.25, 0.3) is 10.9 Å². The summed E-state index contributed by atoms with van der Waals surface area (Å²) in [4.78, 5) is 38.7. The van der Waals surface area contributed by atoms with Crippen LogP contribution in [0.4, 0.5) is 4.39 Å². The molecule has 0 aliphatic carbocycles. The zero-order chi connectivity index (χ0) is 28.1. The fraction of sp³-hybridized carbons (Fsp3) is 0.0938. The molecule has 0 bridgehead atoms. The molecular formula is C32H25FN2O5. The molecule has 1 heterocycles. The van der Waals surface area contributed by atoms with Crippen LogP contribution in [-0.2, 0) is 6.54 Å². The zero-order valence-electron chi connectivity index (χ0n) is 21.3. The Morgan fingerprint density at radius 2 is 1.48 bits per heavy atom. The van der Waals surface area contributed by atoms with E-state index >= 15 is 0 Å². The fourth-order valence-electron chi connectivity index (χ4n) is 4.62. The molecule has 0 fully saturated rings. The predicted octanol–water partition coefficient (Wildman–Crippen LogP) is 5.27. The van der Waals surface area contributed by atoms with E-state index in [1.165, 1.54) is 33.4 Å². The summed E-state index contributed by atoms with van der Waals surface area (Å²) < 4.78 is 22.6. The van der Waals surface area contributed by atoms with Crippen LogP contribution in [0.2, 0.25) is 0 Å². The maximum absolute atomic E-state index is 14.3. The van der Waals surface area contributed by atoms with Crippen LogP contribution in [0.1, 0.15) is 27.5 Å². The van der Waals surface area contributed by atoms with Gasteiger partial charge in [0.1, 0.15) is 18.2 Å². The normalized spacial score (nSPS) is 11.3. The highest BCUT2D eigenvalue weighted by molar-refractivity contribution is 5.87. The summed E-state index contributed by atoms with van der Waals surface area (Å²) in [6, 6.07) is 27.6. The third-order valence-electron chi connectivity index (χ3n) is 6.53. The Hall–Kier alpha value is -5.24. The second-order valence-corrected chi connectivity index (χ2v) is 9.07. The van der Waals surface area contributed by atoms with Gasteiger partial charge >= 0.3 is 11.7 Å². The average molecular weight is 537 g/mol. The molecule has 40 heavy (non-hydrogen) atoms. The van der Waals surface area contributed by atoms with Crippen LogP contribution in [-0.4, -0.2) is 26.8 Å². The molecule has 0 atom stereocenters. The monoisotopic (exact) mass is 536 g/mol. The summed E-state index contributed by atoms with van der Waals surface area (Å²) in [5.41, 5.74) is 0.857. The Labute approximate surface area is 228 Å². The van der Waals surface area contributed by atoms with Gasteiger partial charge in [0.25, 0.3) is 5.56 Å². The lowest BCUT2D eigenvalue weighted by atomic mass is 9.98.